The third kappa shape index (κ3) is 4.20. The largest absolute Gasteiger partial charge is 0.496 e. The number of hydrogen-bond donors (Lipinski definition) is 2. The van der Waals surface area contributed by atoms with E-state index < -0.39 is 15.9 Å². The Bertz CT molecular complexity index is 895. The number of ether oxygens (including phenoxy) is 3. The van der Waals surface area contributed by atoms with Crippen LogP contribution in [0.3, 0.4) is 0 Å². The molecule has 0 aliphatic rings. The summed E-state index contributed by atoms with van der Waals surface area (Å²) in [5.74, 6) is 0.597. The second-order valence-corrected chi connectivity index (χ2v) is 6.49. The molecule has 0 aliphatic carbocycles. The molecule has 0 unspecified atom stereocenters. The Labute approximate surface area is 145 Å². The van der Waals surface area contributed by atoms with Crippen LogP contribution in [-0.4, -0.2) is 35.7 Å². The van der Waals surface area contributed by atoms with Gasteiger partial charge < -0.3 is 19.5 Å². The van der Waals surface area contributed by atoms with Crippen molar-refractivity contribution in [1.82, 2.24) is 0 Å². The highest BCUT2D eigenvalue weighted by molar-refractivity contribution is 7.89. The van der Waals surface area contributed by atoms with Gasteiger partial charge in [0.1, 0.15) is 5.75 Å². The van der Waals surface area contributed by atoms with Gasteiger partial charge in [0, 0.05) is 11.8 Å². The number of methoxy groups -OCH3 is 3. The van der Waals surface area contributed by atoms with Gasteiger partial charge in [-0.1, -0.05) is 0 Å². The first kappa shape index (κ1) is 18.6. The number of nitrogens with two attached hydrogens (primary N) is 1. The van der Waals surface area contributed by atoms with Crippen molar-refractivity contribution in [2.24, 2.45) is 5.14 Å². The van der Waals surface area contributed by atoms with E-state index >= 15 is 0 Å². The Morgan fingerprint density at radius 1 is 0.920 bits per heavy atom. The maximum absolute atomic E-state index is 12.5. The maximum atomic E-state index is 12.5. The van der Waals surface area contributed by atoms with E-state index in [1.807, 2.05) is 0 Å². The average Bonchev–Trinajstić information content (AvgIpc) is 2.60. The van der Waals surface area contributed by atoms with Gasteiger partial charge in [0.25, 0.3) is 5.91 Å². The van der Waals surface area contributed by atoms with E-state index in [1.165, 1.54) is 33.5 Å². The highest BCUT2D eigenvalue weighted by Gasteiger charge is 2.18. The SMILES string of the molecule is COc1ccc(NC(=O)c2cc(S(N)(=O)=O)ccc2OC)cc1OC. The van der Waals surface area contributed by atoms with Crippen molar-refractivity contribution in [3.8, 4) is 17.2 Å². The molecule has 3 N–H and O–H groups in total. The molecule has 0 radical (unpaired) electrons. The molecular weight excluding hydrogens is 348 g/mol. The summed E-state index contributed by atoms with van der Waals surface area (Å²) >= 11 is 0. The summed E-state index contributed by atoms with van der Waals surface area (Å²) in [6, 6.07) is 8.61. The van der Waals surface area contributed by atoms with Gasteiger partial charge in [0.2, 0.25) is 10.0 Å². The van der Waals surface area contributed by atoms with Crippen LogP contribution >= 0.6 is 0 Å². The Morgan fingerprint density at radius 3 is 2.08 bits per heavy atom. The molecule has 0 aliphatic heterocycles. The number of nitrogens with one attached hydrogen (secondary N) is 1. The van der Waals surface area contributed by atoms with Crippen molar-refractivity contribution >= 4 is 21.6 Å². The topological polar surface area (TPSA) is 117 Å². The van der Waals surface area contributed by atoms with Gasteiger partial charge in [-0.25, -0.2) is 13.6 Å². The van der Waals surface area contributed by atoms with Crippen LogP contribution in [0.4, 0.5) is 5.69 Å². The minimum atomic E-state index is -3.95. The van der Waals surface area contributed by atoms with Crippen LogP contribution < -0.4 is 24.7 Å². The Morgan fingerprint density at radius 2 is 1.52 bits per heavy atom. The van der Waals surface area contributed by atoms with Gasteiger partial charge in [-0.05, 0) is 30.3 Å². The molecule has 0 atom stereocenters. The van der Waals surface area contributed by atoms with Crippen LogP contribution in [0, 0.1) is 0 Å². The normalized spacial score (nSPS) is 10.9. The summed E-state index contributed by atoms with van der Waals surface area (Å²) in [7, 11) is 0.400. The zero-order valence-corrected chi connectivity index (χ0v) is 14.7. The van der Waals surface area contributed by atoms with Crippen molar-refractivity contribution in [1.29, 1.82) is 0 Å². The van der Waals surface area contributed by atoms with Crippen LogP contribution in [0.2, 0.25) is 0 Å². The zero-order chi connectivity index (χ0) is 18.6. The van der Waals surface area contributed by atoms with Crippen LogP contribution in [0.1, 0.15) is 10.4 Å². The monoisotopic (exact) mass is 366 g/mol. The van der Waals surface area contributed by atoms with Gasteiger partial charge in [0.15, 0.2) is 11.5 Å². The molecule has 0 fully saturated rings. The van der Waals surface area contributed by atoms with Crippen molar-refractivity contribution in [2.75, 3.05) is 26.6 Å². The number of rotatable bonds is 6. The van der Waals surface area contributed by atoms with Crippen LogP contribution in [0.5, 0.6) is 17.2 Å². The predicted molar refractivity (Wildman–Crippen MR) is 91.9 cm³/mol. The van der Waals surface area contributed by atoms with Crippen LogP contribution in [-0.2, 0) is 10.0 Å². The number of sulfonamides is 1. The fourth-order valence-corrected chi connectivity index (χ4v) is 2.69. The van der Waals surface area contributed by atoms with Crippen molar-refractivity contribution in [3.05, 3.63) is 42.0 Å². The standard InChI is InChI=1S/C16H18N2O6S/c1-22-13-7-5-11(25(17,20)21)9-12(13)16(19)18-10-4-6-14(23-2)15(8-10)24-3/h4-9H,1-3H3,(H,18,19)(H2,17,20,21). The minimum Gasteiger partial charge on any atom is -0.496 e. The quantitative estimate of drug-likeness (QED) is 0.802. The van der Waals surface area contributed by atoms with E-state index in [-0.39, 0.29) is 16.2 Å². The van der Waals surface area contributed by atoms with Gasteiger partial charge >= 0.3 is 0 Å². The molecule has 2 aromatic carbocycles. The van der Waals surface area contributed by atoms with Crippen LogP contribution in [0.25, 0.3) is 0 Å². The zero-order valence-electron chi connectivity index (χ0n) is 13.9. The number of benzene rings is 2. The molecule has 8 nitrogen and oxygen atoms in total. The first-order valence-corrected chi connectivity index (χ1v) is 8.59. The lowest BCUT2D eigenvalue weighted by molar-refractivity contribution is 0.102. The molecule has 0 aromatic heterocycles. The lowest BCUT2D eigenvalue weighted by atomic mass is 10.1. The smallest absolute Gasteiger partial charge is 0.259 e. The molecular formula is C16H18N2O6S. The van der Waals surface area contributed by atoms with Gasteiger partial charge in [-0.2, -0.15) is 0 Å². The maximum Gasteiger partial charge on any atom is 0.259 e. The number of anilines is 1. The van der Waals surface area contributed by atoms with Crippen molar-refractivity contribution in [3.63, 3.8) is 0 Å². The minimum absolute atomic E-state index is 0.0313. The number of carbonyl (C=O) groups is 1. The molecule has 0 saturated carbocycles. The molecule has 0 saturated heterocycles. The van der Waals surface area contributed by atoms with E-state index in [2.05, 4.69) is 5.32 Å². The number of carbonyl (C=O) groups excluding carboxylic acids is 1. The van der Waals surface area contributed by atoms with Crippen molar-refractivity contribution < 1.29 is 27.4 Å². The fraction of sp³-hybridized carbons (Fsp3) is 0.188. The molecule has 2 rings (SSSR count). The highest BCUT2D eigenvalue weighted by atomic mass is 32.2. The van der Waals surface area contributed by atoms with Gasteiger partial charge in [-0.15, -0.1) is 0 Å². The van der Waals surface area contributed by atoms with Gasteiger partial charge in [-0.3, -0.25) is 4.79 Å². The molecule has 25 heavy (non-hydrogen) atoms. The predicted octanol–water partition coefficient (Wildman–Crippen LogP) is 1.61. The first-order chi connectivity index (χ1) is 11.8. The van der Waals surface area contributed by atoms with Crippen LogP contribution in [0.15, 0.2) is 41.3 Å². The first-order valence-electron chi connectivity index (χ1n) is 7.04. The Hall–Kier alpha value is -2.78. The summed E-state index contributed by atoms with van der Waals surface area (Å²) in [6.45, 7) is 0. The molecule has 0 heterocycles. The lowest BCUT2D eigenvalue weighted by Gasteiger charge is -2.12. The summed E-state index contributed by atoms with van der Waals surface area (Å²) in [5, 5.41) is 7.76. The van der Waals surface area contributed by atoms with E-state index in [0.717, 1.165) is 6.07 Å². The summed E-state index contributed by atoms with van der Waals surface area (Å²) in [5.41, 5.74) is 0.467. The number of hydrogen-bond acceptors (Lipinski definition) is 6. The third-order valence-corrected chi connectivity index (χ3v) is 4.30. The highest BCUT2D eigenvalue weighted by Crippen LogP contribution is 2.30. The van der Waals surface area contributed by atoms with E-state index in [4.69, 9.17) is 19.3 Å². The van der Waals surface area contributed by atoms with E-state index in [1.54, 1.807) is 18.2 Å². The Kier molecular flexibility index (Phi) is 5.50. The molecule has 0 bridgehead atoms. The average molecular weight is 366 g/mol. The number of primary sulfonamides is 1. The summed E-state index contributed by atoms with van der Waals surface area (Å²) in [4.78, 5) is 12.3. The molecule has 0 spiro atoms. The second-order valence-electron chi connectivity index (χ2n) is 4.93. The van der Waals surface area contributed by atoms with Crippen molar-refractivity contribution in [2.45, 2.75) is 4.90 Å². The number of amides is 1. The second kappa shape index (κ2) is 7.41. The lowest BCUT2D eigenvalue weighted by Crippen LogP contribution is -2.16. The Balaban J connectivity index is 2.38. The summed E-state index contributed by atoms with van der Waals surface area (Å²) in [6.07, 6.45) is 0. The molecule has 134 valence electrons. The summed E-state index contributed by atoms with van der Waals surface area (Å²) < 4.78 is 38.4. The third-order valence-electron chi connectivity index (χ3n) is 3.39. The fourth-order valence-electron chi connectivity index (χ4n) is 2.15. The molecule has 2 aromatic rings. The van der Waals surface area contributed by atoms with Gasteiger partial charge in [0.05, 0.1) is 31.8 Å². The molecule has 9 heteroatoms. The van der Waals surface area contributed by atoms with E-state index in [9.17, 15) is 13.2 Å². The molecule has 1 amide bonds. The van der Waals surface area contributed by atoms with E-state index in [0.29, 0.717) is 17.2 Å².